The lowest BCUT2D eigenvalue weighted by molar-refractivity contribution is -0.384. The van der Waals surface area contributed by atoms with Crippen molar-refractivity contribution in [2.24, 2.45) is 52.3 Å². The molecule has 4 saturated carbocycles. The van der Waals surface area contributed by atoms with Gasteiger partial charge in [0, 0.05) is 25.1 Å². The fourth-order valence-electron chi connectivity index (χ4n) is 11.0. The maximum atomic E-state index is 13.8. The highest BCUT2D eigenvalue weighted by molar-refractivity contribution is 6.04. The first kappa shape index (κ1) is 32.0. The van der Waals surface area contributed by atoms with Gasteiger partial charge in [0.1, 0.15) is 0 Å². The third kappa shape index (κ3) is 5.99. The molecule has 4 aliphatic carbocycles. The lowest BCUT2D eigenvalue weighted by Crippen LogP contribution is -2.61. The number of carbonyl (C=O) groups excluding carboxylic acids is 2. The number of amides is 2. The van der Waals surface area contributed by atoms with Crippen molar-refractivity contribution in [2.75, 3.05) is 5.32 Å². The molecule has 0 radical (unpaired) electrons. The van der Waals surface area contributed by atoms with Gasteiger partial charge in [0.15, 0.2) is 0 Å². The Kier molecular flexibility index (Phi) is 9.30. The third-order valence-electron chi connectivity index (χ3n) is 13.0. The van der Waals surface area contributed by atoms with Gasteiger partial charge in [-0.3, -0.25) is 19.7 Å². The van der Waals surface area contributed by atoms with E-state index in [1.165, 1.54) is 89.3 Å². The Balaban J connectivity index is 1.36. The molecule has 7 nitrogen and oxygen atoms in total. The van der Waals surface area contributed by atoms with E-state index in [4.69, 9.17) is 0 Å². The van der Waals surface area contributed by atoms with Gasteiger partial charge in [-0.1, -0.05) is 60.3 Å². The van der Waals surface area contributed by atoms with Crippen LogP contribution in [0.15, 0.2) is 18.2 Å². The van der Waals surface area contributed by atoms with Gasteiger partial charge in [0.05, 0.1) is 16.2 Å². The van der Waals surface area contributed by atoms with Crippen LogP contribution in [0.2, 0.25) is 0 Å². The van der Waals surface area contributed by atoms with Crippen LogP contribution in [-0.2, 0) is 4.79 Å². The van der Waals surface area contributed by atoms with Crippen LogP contribution >= 0.6 is 0 Å². The molecule has 0 spiro atoms. The molecule has 2 N–H and O–H groups in total. The number of rotatable bonds is 9. The number of hydrogen-bond acceptors (Lipinski definition) is 4. The number of carbonyl (C=O) groups is 2. The Bertz CT molecular complexity index is 1210. The molecule has 9 atom stereocenters. The minimum absolute atomic E-state index is 0.0358. The van der Waals surface area contributed by atoms with Crippen LogP contribution in [0.1, 0.15) is 129 Å². The molecule has 43 heavy (non-hydrogen) atoms. The van der Waals surface area contributed by atoms with Crippen LogP contribution in [-0.4, -0.2) is 22.8 Å². The quantitative estimate of drug-likeness (QED) is 0.221. The number of benzene rings is 1. The topological polar surface area (TPSA) is 101 Å². The lowest BCUT2D eigenvalue weighted by Gasteiger charge is -2.63. The predicted molar refractivity (Wildman–Crippen MR) is 172 cm³/mol. The summed E-state index contributed by atoms with van der Waals surface area (Å²) in [5, 5.41) is 17.5. The summed E-state index contributed by atoms with van der Waals surface area (Å²) in [5.74, 6) is 4.51. The van der Waals surface area contributed by atoms with Gasteiger partial charge in [0.2, 0.25) is 5.91 Å². The van der Waals surface area contributed by atoms with Crippen molar-refractivity contribution < 1.29 is 14.5 Å². The van der Waals surface area contributed by atoms with Crippen LogP contribution in [0, 0.1) is 62.4 Å². The summed E-state index contributed by atoms with van der Waals surface area (Å²) in [7, 11) is 0. The molecule has 5 rings (SSSR count). The summed E-state index contributed by atoms with van der Waals surface area (Å²) >= 11 is 0. The standard InChI is InChI=1S/C36H55N3O4/c1-22(2)9-7-10-23(3)29-17-18-30-27-15-13-25-11-8-12-33(36(25,6)31(27)19-20-35(29,30)5)38-34(41)28-16-14-26(39(42)43)21-32(28)37-24(4)40/h14,16,21-23,25,27,29-31,33H,7-13,15,17-20H2,1-6H3,(H,37,40)(H,38,41)/t23-,25?,27+,29-,30+,31+,33?,35-,36+/m1/s1. The second kappa shape index (κ2) is 12.5. The van der Waals surface area contributed by atoms with Crippen molar-refractivity contribution in [3.05, 3.63) is 33.9 Å². The number of anilines is 1. The van der Waals surface area contributed by atoms with Crippen LogP contribution < -0.4 is 10.6 Å². The molecule has 0 aromatic heterocycles. The molecule has 238 valence electrons. The molecular formula is C36H55N3O4. The van der Waals surface area contributed by atoms with E-state index in [0.29, 0.717) is 22.8 Å². The molecule has 4 aliphatic rings. The summed E-state index contributed by atoms with van der Waals surface area (Å²) in [4.78, 5) is 36.6. The first-order chi connectivity index (χ1) is 20.4. The van der Waals surface area contributed by atoms with E-state index in [9.17, 15) is 19.7 Å². The molecule has 0 saturated heterocycles. The Morgan fingerprint density at radius 1 is 1.00 bits per heavy atom. The summed E-state index contributed by atoms with van der Waals surface area (Å²) in [6.45, 7) is 13.7. The monoisotopic (exact) mass is 593 g/mol. The Hall–Kier alpha value is -2.44. The Morgan fingerprint density at radius 3 is 2.47 bits per heavy atom. The molecule has 0 bridgehead atoms. The molecule has 1 aromatic carbocycles. The fourth-order valence-corrected chi connectivity index (χ4v) is 11.0. The summed E-state index contributed by atoms with van der Waals surface area (Å²) in [5.41, 5.74) is 0.815. The summed E-state index contributed by atoms with van der Waals surface area (Å²) in [6, 6.07) is 4.19. The zero-order valence-corrected chi connectivity index (χ0v) is 27.4. The summed E-state index contributed by atoms with van der Waals surface area (Å²) in [6.07, 6.45) is 15.2. The predicted octanol–water partition coefficient (Wildman–Crippen LogP) is 8.77. The maximum Gasteiger partial charge on any atom is 0.271 e. The van der Waals surface area contributed by atoms with Gasteiger partial charge in [-0.05, 0) is 110 Å². The fraction of sp³-hybridized carbons (Fsp3) is 0.778. The van der Waals surface area contributed by atoms with Gasteiger partial charge in [0.25, 0.3) is 11.6 Å². The third-order valence-corrected chi connectivity index (χ3v) is 13.0. The number of hydrogen-bond donors (Lipinski definition) is 2. The van der Waals surface area contributed by atoms with Crippen molar-refractivity contribution in [3.8, 4) is 0 Å². The van der Waals surface area contributed by atoms with E-state index in [1.54, 1.807) is 0 Å². The van der Waals surface area contributed by atoms with Crippen molar-refractivity contribution in [1.29, 1.82) is 0 Å². The van der Waals surface area contributed by atoms with Crippen LogP contribution in [0.25, 0.3) is 0 Å². The molecule has 7 heteroatoms. The number of nitro groups is 1. The molecular weight excluding hydrogens is 538 g/mol. The maximum absolute atomic E-state index is 13.8. The van der Waals surface area contributed by atoms with Crippen LogP contribution in [0.3, 0.4) is 0 Å². The van der Waals surface area contributed by atoms with Gasteiger partial charge >= 0.3 is 0 Å². The molecule has 2 unspecified atom stereocenters. The normalized spacial score (nSPS) is 35.8. The number of nitro benzene ring substituents is 1. The molecule has 4 fully saturated rings. The number of nitrogens with one attached hydrogen (secondary N) is 2. The number of non-ortho nitro benzene ring substituents is 1. The average molecular weight is 594 g/mol. The van der Waals surface area contributed by atoms with Gasteiger partial charge < -0.3 is 10.6 Å². The molecule has 1 aromatic rings. The van der Waals surface area contributed by atoms with Crippen molar-refractivity contribution in [2.45, 2.75) is 125 Å². The van der Waals surface area contributed by atoms with Gasteiger partial charge in [-0.15, -0.1) is 0 Å². The highest BCUT2D eigenvalue weighted by atomic mass is 16.6. The van der Waals surface area contributed by atoms with E-state index in [-0.39, 0.29) is 34.6 Å². The van der Waals surface area contributed by atoms with Crippen LogP contribution in [0.5, 0.6) is 0 Å². The van der Waals surface area contributed by atoms with E-state index in [1.807, 2.05) is 0 Å². The largest absolute Gasteiger partial charge is 0.349 e. The van der Waals surface area contributed by atoms with Crippen molar-refractivity contribution in [1.82, 2.24) is 5.32 Å². The second-order valence-corrected chi connectivity index (χ2v) is 15.7. The number of nitrogens with zero attached hydrogens (tertiary/aromatic N) is 1. The van der Waals surface area contributed by atoms with Crippen LogP contribution in [0.4, 0.5) is 11.4 Å². The number of fused-ring (bicyclic) bond motifs is 5. The van der Waals surface area contributed by atoms with Crippen molar-refractivity contribution >= 4 is 23.2 Å². The van der Waals surface area contributed by atoms with E-state index >= 15 is 0 Å². The summed E-state index contributed by atoms with van der Waals surface area (Å²) < 4.78 is 0. The molecule has 0 heterocycles. The second-order valence-electron chi connectivity index (χ2n) is 15.7. The first-order valence-corrected chi connectivity index (χ1v) is 17.2. The highest BCUT2D eigenvalue weighted by Crippen LogP contribution is 2.68. The van der Waals surface area contributed by atoms with Gasteiger partial charge in [-0.25, -0.2) is 0 Å². The molecule has 0 aliphatic heterocycles. The average Bonchev–Trinajstić information content (AvgIpc) is 3.30. The molecule has 2 amide bonds. The van der Waals surface area contributed by atoms with E-state index in [2.05, 4.69) is 45.3 Å². The zero-order valence-electron chi connectivity index (χ0n) is 27.4. The Labute approximate surface area is 258 Å². The Morgan fingerprint density at radius 2 is 1.77 bits per heavy atom. The van der Waals surface area contributed by atoms with E-state index in [0.717, 1.165) is 42.4 Å². The first-order valence-electron chi connectivity index (χ1n) is 17.2. The minimum Gasteiger partial charge on any atom is -0.349 e. The lowest BCUT2D eigenvalue weighted by atomic mass is 9.43. The SMILES string of the molecule is CC(=O)Nc1cc([N+](=O)[O-])ccc1C(=O)NC1CCCC2CC[C@@H]3[C@H](CC[C@]4(C)[C@@H]([C@H](C)CCCC(C)C)CC[C@@H]34)[C@]21C. The smallest absolute Gasteiger partial charge is 0.271 e. The minimum atomic E-state index is -0.501. The van der Waals surface area contributed by atoms with E-state index < -0.39 is 4.92 Å². The highest BCUT2D eigenvalue weighted by Gasteiger charge is 2.62. The van der Waals surface area contributed by atoms with Gasteiger partial charge in [-0.2, -0.15) is 0 Å². The van der Waals surface area contributed by atoms with Crippen molar-refractivity contribution in [3.63, 3.8) is 0 Å². The zero-order chi connectivity index (χ0) is 31.1.